The van der Waals surface area contributed by atoms with Crippen molar-refractivity contribution in [2.24, 2.45) is 0 Å². The highest BCUT2D eigenvalue weighted by molar-refractivity contribution is 5.78. The summed E-state index contributed by atoms with van der Waals surface area (Å²) in [5.74, 6) is 1.86. The summed E-state index contributed by atoms with van der Waals surface area (Å²) in [6.45, 7) is 9.70. The van der Waals surface area contributed by atoms with E-state index in [1.807, 2.05) is 60.7 Å². The van der Waals surface area contributed by atoms with Crippen LogP contribution in [0.15, 0.2) is 121 Å². The number of H-pyrrole nitrogens is 2. The first-order chi connectivity index (χ1) is 32.4. The van der Waals surface area contributed by atoms with Crippen LogP contribution < -0.4 is 4.90 Å². The van der Waals surface area contributed by atoms with Gasteiger partial charge in [0.15, 0.2) is 12.6 Å². The van der Waals surface area contributed by atoms with Crippen molar-refractivity contribution in [3.05, 3.63) is 161 Å². The van der Waals surface area contributed by atoms with Gasteiger partial charge < -0.3 is 25.1 Å². The quantitative estimate of drug-likeness (QED) is 0.0740. The van der Waals surface area contributed by atoms with Crippen molar-refractivity contribution in [3.8, 4) is 0 Å². The molecule has 11 heteroatoms. The second-order valence-electron chi connectivity index (χ2n) is 20.3. The average molecular weight is 898 g/mol. The highest BCUT2D eigenvalue weighted by Gasteiger charge is 2.38. The average Bonchev–Trinajstić information content (AvgIpc) is 4.22. The third-order valence-corrected chi connectivity index (χ3v) is 15.1. The van der Waals surface area contributed by atoms with Gasteiger partial charge in [-0.2, -0.15) is 0 Å². The highest BCUT2D eigenvalue weighted by atomic mass is 16.3. The first-order valence-electron chi connectivity index (χ1n) is 24.3. The number of rotatable bonds is 15. The van der Waals surface area contributed by atoms with E-state index < -0.39 is 11.2 Å². The molecule has 0 saturated carbocycles. The maximum Gasteiger partial charge on any atom is 0.156 e. The predicted octanol–water partition coefficient (Wildman–Crippen LogP) is 10.0. The zero-order chi connectivity index (χ0) is 46.3. The third kappa shape index (κ3) is 8.86. The van der Waals surface area contributed by atoms with E-state index >= 15 is 0 Å². The Balaban J connectivity index is 0.904. The second-order valence-corrected chi connectivity index (χ2v) is 20.3. The molecule has 0 bridgehead atoms. The minimum Gasteiger partial charge on any atom is -0.378 e. The minimum absolute atomic E-state index is 0.0358. The molecule has 67 heavy (non-hydrogen) atoms. The predicted molar refractivity (Wildman–Crippen MR) is 264 cm³/mol. The number of benzene rings is 5. The Labute approximate surface area is 393 Å². The van der Waals surface area contributed by atoms with E-state index in [2.05, 4.69) is 106 Å². The van der Waals surface area contributed by atoms with Gasteiger partial charge in [0.25, 0.3) is 0 Å². The van der Waals surface area contributed by atoms with Gasteiger partial charge >= 0.3 is 0 Å². The van der Waals surface area contributed by atoms with Crippen molar-refractivity contribution in [3.63, 3.8) is 0 Å². The van der Waals surface area contributed by atoms with E-state index in [0.29, 0.717) is 49.6 Å². The number of nitrogens with zero attached hydrogens (tertiary/aromatic N) is 5. The Kier molecular flexibility index (Phi) is 12.2. The molecule has 3 fully saturated rings. The number of hydrogen-bond donors (Lipinski definition) is 4. The van der Waals surface area contributed by atoms with Crippen LogP contribution in [0.5, 0.6) is 0 Å². The van der Waals surface area contributed by atoms with Crippen LogP contribution >= 0.6 is 0 Å². The van der Waals surface area contributed by atoms with Gasteiger partial charge in [-0.05, 0) is 134 Å². The molecule has 7 aromatic rings. The van der Waals surface area contributed by atoms with Crippen molar-refractivity contribution in [2.75, 3.05) is 31.1 Å². The van der Waals surface area contributed by atoms with Gasteiger partial charge in [-0.1, -0.05) is 106 Å². The molecule has 2 aromatic heterocycles. The molecule has 0 radical (unpaired) electrons. The molecular formula is C56H63N7O4. The lowest BCUT2D eigenvalue weighted by molar-refractivity contribution is -0.126. The highest BCUT2D eigenvalue weighted by Crippen LogP contribution is 2.48. The van der Waals surface area contributed by atoms with Crippen LogP contribution in [-0.4, -0.2) is 78.7 Å². The maximum atomic E-state index is 12.2. The van der Waals surface area contributed by atoms with Crippen molar-refractivity contribution in [1.29, 1.82) is 0 Å². The fourth-order valence-electron chi connectivity index (χ4n) is 11.2. The number of anilines is 1. The molecule has 0 amide bonds. The molecule has 3 saturated heterocycles. The SMILES string of the molecule is CC(C)(C)c1ccc(N2[C@@H](c3ccc4nc([C@@H]5CCCN5CCC(O)(C=O)c5ccccc5)[nH]c4c3)CC[C@@H]2c2ccc3nc([C@@H]4CCCN4CCC(O)(C=O)c4ccccc4)[nH]c3c2)cc1. The second kappa shape index (κ2) is 18.3. The van der Waals surface area contributed by atoms with E-state index in [-0.39, 0.29) is 29.6 Å². The number of aromatic amines is 2. The molecule has 2 unspecified atom stereocenters. The molecule has 4 N–H and O–H groups in total. The summed E-state index contributed by atoms with van der Waals surface area (Å²) < 4.78 is 0. The molecular weight excluding hydrogens is 835 g/mol. The molecule has 6 atom stereocenters. The Bertz CT molecular complexity index is 2670. The maximum absolute atomic E-state index is 12.2. The third-order valence-electron chi connectivity index (χ3n) is 15.1. The molecule has 11 nitrogen and oxygen atoms in total. The summed E-state index contributed by atoms with van der Waals surface area (Å²) in [5.41, 5.74) is 7.10. The standard InChI is InChI=1S/C56H63N7O4/c1-54(2,3)40-20-22-43(23-21-40)63-48(38-18-24-44-46(34-38)59-52(57-44)50-16-10-30-61(50)32-28-55(66,36-64)41-12-6-4-7-13-41)26-27-49(63)39-19-25-45-47(35-39)60-53(58-45)51-17-11-31-62(51)33-29-56(67,37-65)42-14-8-5-9-15-42/h4-9,12-15,18-25,34-37,48-51,66-67H,10-11,16-17,26-33H2,1-3H3,(H,57,59)(H,58,60)/t48-,49-,50+,51+,55?,56?/m1/s1. The van der Waals surface area contributed by atoms with E-state index in [4.69, 9.17) is 9.97 Å². The normalized spacial score (nSPS) is 22.4. The number of likely N-dealkylation sites (tertiary alicyclic amines) is 2. The monoisotopic (exact) mass is 897 g/mol. The van der Waals surface area contributed by atoms with Crippen molar-refractivity contribution in [2.45, 2.75) is 113 Å². The lowest BCUT2D eigenvalue weighted by atomic mass is 9.87. The number of fused-ring (bicyclic) bond motifs is 2. The number of hydrogen-bond acceptors (Lipinski definition) is 9. The number of carbonyl (C=O) groups is 2. The summed E-state index contributed by atoms with van der Waals surface area (Å²) in [7, 11) is 0. The summed E-state index contributed by atoms with van der Waals surface area (Å²) in [6, 6.07) is 41.4. The number of nitrogens with one attached hydrogen (secondary N) is 2. The molecule has 3 aliphatic rings. The Morgan fingerprint density at radius 1 is 0.567 bits per heavy atom. The minimum atomic E-state index is -1.53. The van der Waals surface area contributed by atoms with Crippen molar-refractivity contribution >= 4 is 40.3 Å². The summed E-state index contributed by atoms with van der Waals surface area (Å²) in [6.07, 6.45) is 7.92. The van der Waals surface area contributed by atoms with Gasteiger partial charge in [0.05, 0.1) is 46.2 Å². The zero-order valence-electron chi connectivity index (χ0n) is 38.9. The number of aliphatic hydroxyl groups is 2. The van der Waals surface area contributed by atoms with Crippen LogP contribution in [0.1, 0.15) is 136 Å². The van der Waals surface area contributed by atoms with Gasteiger partial charge in [0.2, 0.25) is 0 Å². The lowest BCUT2D eigenvalue weighted by Gasteiger charge is -2.34. The molecule has 3 aliphatic heterocycles. The summed E-state index contributed by atoms with van der Waals surface area (Å²) >= 11 is 0. The van der Waals surface area contributed by atoms with Crippen LogP contribution in [0.4, 0.5) is 5.69 Å². The number of aromatic nitrogens is 4. The van der Waals surface area contributed by atoms with Gasteiger partial charge in [-0.15, -0.1) is 0 Å². The van der Waals surface area contributed by atoms with Gasteiger partial charge in [0.1, 0.15) is 22.9 Å². The van der Waals surface area contributed by atoms with Crippen LogP contribution in [0.2, 0.25) is 0 Å². The van der Waals surface area contributed by atoms with Crippen molar-refractivity contribution in [1.82, 2.24) is 29.7 Å². The van der Waals surface area contributed by atoms with Crippen LogP contribution in [0, 0.1) is 0 Å². The van der Waals surface area contributed by atoms with E-state index in [0.717, 1.165) is 85.3 Å². The first kappa shape index (κ1) is 44.8. The lowest BCUT2D eigenvalue weighted by Crippen LogP contribution is -2.34. The van der Waals surface area contributed by atoms with E-state index in [1.165, 1.54) is 22.4 Å². The fourth-order valence-corrected chi connectivity index (χ4v) is 11.2. The molecule has 0 spiro atoms. The Morgan fingerprint density at radius 3 is 1.43 bits per heavy atom. The largest absolute Gasteiger partial charge is 0.378 e. The molecule has 0 aliphatic carbocycles. The van der Waals surface area contributed by atoms with Crippen molar-refractivity contribution < 1.29 is 19.8 Å². The Hall–Kier alpha value is -5.98. The Morgan fingerprint density at radius 2 is 1.01 bits per heavy atom. The van der Waals surface area contributed by atoms with E-state index in [1.54, 1.807) is 0 Å². The smallest absolute Gasteiger partial charge is 0.156 e. The topological polar surface area (TPSA) is 142 Å². The fraction of sp³-hybridized carbons (Fsp3) is 0.393. The van der Waals surface area contributed by atoms with Crippen LogP contribution in [-0.2, 0) is 26.2 Å². The number of carbonyl (C=O) groups excluding carboxylic acids is 2. The molecule has 10 rings (SSSR count). The van der Waals surface area contributed by atoms with E-state index in [9.17, 15) is 19.8 Å². The van der Waals surface area contributed by atoms with Crippen LogP contribution in [0.25, 0.3) is 22.1 Å². The van der Waals surface area contributed by atoms with Gasteiger partial charge in [-0.25, -0.2) is 9.97 Å². The van der Waals surface area contributed by atoms with Crippen LogP contribution in [0.3, 0.4) is 0 Å². The molecule has 346 valence electrons. The summed E-state index contributed by atoms with van der Waals surface area (Å²) in [4.78, 5) is 49.4. The molecule has 5 heterocycles. The van der Waals surface area contributed by atoms with Gasteiger partial charge in [-0.3, -0.25) is 19.4 Å². The zero-order valence-corrected chi connectivity index (χ0v) is 38.9. The summed E-state index contributed by atoms with van der Waals surface area (Å²) in [5, 5.41) is 22.7. The first-order valence-corrected chi connectivity index (χ1v) is 24.3. The molecule has 5 aromatic carbocycles. The number of aldehydes is 2. The number of imidazole rings is 2. The van der Waals surface area contributed by atoms with Gasteiger partial charge in [0, 0.05) is 18.8 Å².